The highest BCUT2D eigenvalue weighted by Crippen LogP contribution is 2.30. The first kappa shape index (κ1) is 33.3. The fraction of sp³-hybridized carbons (Fsp3) is 0.212. The second-order valence-corrected chi connectivity index (χ2v) is 13.2. The molecule has 7 nitrogen and oxygen atoms in total. The van der Waals surface area contributed by atoms with E-state index < -0.39 is 28.5 Å². The van der Waals surface area contributed by atoms with Gasteiger partial charge in [0.25, 0.3) is 10.0 Å². The van der Waals surface area contributed by atoms with Gasteiger partial charge < -0.3 is 10.2 Å². The lowest BCUT2D eigenvalue weighted by Gasteiger charge is -2.34. The molecular formula is C33H32Cl3N3O4S. The Bertz CT molecular complexity index is 1720. The SMILES string of the molecule is CCNC(=O)C(Cc1ccccc1)N(Cc1ccc(Cl)c(Cl)c1)C(=O)CN(c1ccc(Cl)cc1C)S(=O)(=O)c1ccccc1. The van der Waals surface area contributed by atoms with Gasteiger partial charge in [-0.15, -0.1) is 0 Å². The Hall–Kier alpha value is -3.56. The summed E-state index contributed by atoms with van der Waals surface area (Å²) in [5.41, 5.74) is 2.30. The van der Waals surface area contributed by atoms with Crippen LogP contribution in [0.3, 0.4) is 0 Å². The number of aryl methyl sites for hydroxylation is 1. The molecule has 0 bridgehead atoms. The molecule has 4 aromatic rings. The van der Waals surface area contributed by atoms with Crippen LogP contribution in [-0.2, 0) is 32.6 Å². The van der Waals surface area contributed by atoms with Gasteiger partial charge in [-0.3, -0.25) is 13.9 Å². The summed E-state index contributed by atoms with van der Waals surface area (Å²) in [6.07, 6.45) is 0.200. The van der Waals surface area contributed by atoms with Gasteiger partial charge in [-0.1, -0.05) is 89.4 Å². The molecule has 11 heteroatoms. The van der Waals surface area contributed by atoms with Crippen LogP contribution in [0, 0.1) is 6.92 Å². The monoisotopic (exact) mass is 671 g/mol. The highest BCUT2D eigenvalue weighted by atomic mass is 35.5. The third-order valence-corrected chi connectivity index (χ3v) is 9.74. The molecule has 1 atom stereocenters. The highest BCUT2D eigenvalue weighted by molar-refractivity contribution is 7.92. The normalized spacial score (nSPS) is 11.9. The highest BCUT2D eigenvalue weighted by Gasteiger charge is 2.35. The number of hydrogen-bond donors (Lipinski definition) is 1. The number of nitrogens with one attached hydrogen (secondary N) is 1. The van der Waals surface area contributed by atoms with Crippen LogP contribution in [0.15, 0.2) is 102 Å². The quantitative estimate of drug-likeness (QED) is 0.177. The van der Waals surface area contributed by atoms with Gasteiger partial charge in [0.2, 0.25) is 11.8 Å². The second kappa shape index (κ2) is 14.9. The third kappa shape index (κ3) is 8.12. The van der Waals surface area contributed by atoms with E-state index in [1.165, 1.54) is 17.0 Å². The molecule has 0 saturated carbocycles. The number of rotatable bonds is 12. The van der Waals surface area contributed by atoms with Crippen LogP contribution < -0.4 is 9.62 Å². The smallest absolute Gasteiger partial charge is 0.264 e. The van der Waals surface area contributed by atoms with E-state index in [1.807, 2.05) is 30.3 Å². The molecule has 0 fully saturated rings. The number of halogens is 3. The molecule has 0 aliphatic rings. The molecule has 0 aliphatic carbocycles. The Labute approximate surface area is 273 Å². The number of carbonyl (C=O) groups excluding carboxylic acids is 2. The first-order valence-electron chi connectivity index (χ1n) is 13.9. The van der Waals surface area contributed by atoms with Gasteiger partial charge >= 0.3 is 0 Å². The molecule has 0 spiro atoms. The van der Waals surface area contributed by atoms with Crippen molar-refractivity contribution in [3.63, 3.8) is 0 Å². The maximum Gasteiger partial charge on any atom is 0.264 e. The molecule has 0 aromatic heterocycles. The van der Waals surface area contributed by atoms with Crippen LogP contribution in [-0.4, -0.2) is 44.3 Å². The average Bonchev–Trinajstić information content (AvgIpc) is 3.00. The zero-order valence-corrected chi connectivity index (χ0v) is 27.3. The molecule has 230 valence electrons. The van der Waals surface area contributed by atoms with Crippen LogP contribution in [0.2, 0.25) is 15.1 Å². The van der Waals surface area contributed by atoms with Crippen molar-refractivity contribution in [3.05, 3.63) is 129 Å². The van der Waals surface area contributed by atoms with E-state index >= 15 is 0 Å². The molecule has 1 unspecified atom stereocenters. The molecule has 0 radical (unpaired) electrons. The van der Waals surface area contributed by atoms with Crippen molar-refractivity contribution in [3.8, 4) is 0 Å². The van der Waals surface area contributed by atoms with Gasteiger partial charge in [0, 0.05) is 24.5 Å². The lowest BCUT2D eigenvalue weighted by atomic mass is 10.0. The topological polar surface area (TPSA) is 86.8 Å². The summed E-state index contributed by atoms with van der Waals surface area (Å²) in [5.74, 6) is -0.956. The fourth-order valence-electron chi connectivity index (χ4n) is 4.81. The molecule has 1 N–H and O–H groups in total. The van der Waals surface area contributed by atoms with E-state index in [4.69, 9.17) is 34.8 Å². The minimum Gasteiger partial charge on any atom is -0.355 e. The van der Waals surface area contributed by atoms with Crippen LogP contribution >= 0.6 is 34.8 Å². The number of likely N-dealkylation sites (N-methyl/N-ethyl adjacent to an activating group) is 1. The summed E-state index contributed by atoms with van der Waals surface area (Å²) in [6.45, 7) is 3.26. The summed E-state index contributed by atoms with van der Waals surface area (Å²) in [7, 11) is -4.21. The Morgan fingerprint density at radius 2 is 1.48 bits per heavy atom. The van der Waals surface area contributed by atoms with E-state index in [1.54, 1.807) is 68.4 Å². The van der Waals surface area contributed by atoms with Crippen molar-refractivity contribution in [2.24, 2.45) is 0 Å². The molecular weight excluding hydrogens is 641 g/mol. The molecule has 4 aromatic carbocycles. The average molecular weight is 673 g/mol. The maximum atomic E-state index is 14.4. The molecule has 44 heavy (non-hydrogen) atoms. The van der Waals surface area contributed by atoms with Crippen molar-refractivity contribution >= 4 is 62.3 Å². The number of benzene rings is 4. The molecule has 0 heterocycles. The first-order valence-corrected chi connectivity index (χ1v) is 16.5. The second-order valence-electron chi connectivity index (χ2n) is 10.1. The Morgan fingerprint density at radius 1 is 0.818 bits per heavy atom. The predicted octanol–water partition coefficient (Wildman–Crippen LogP) is 6.93. The number of carbonyl (C=O) groups is 2. The van der Waals surface area contributed by atoms with Crippen molar-refractivity contribution < 1.29 is 18.0 Å². The predicted molar refractivity (Wildman–Crippen MR) is 177 cm³/mol. The first-order chi connectivity index (χ1) is 21.0. The van der Waals surface area contributed by atoms with E-state index in [9.17, 15) is 18.0 Å². The van der Waals surface area contributed by atoms with E-state index in [2.05, 4.69) is 5.32 Å². The van der Waals surface area contributed by atoms with Crippen molar-refractivity contribution in [2.75, 3.05) is 17.4 Å². The Balaban J connectivity index is 1.82. The van der Waals surface area contributed by atoms with Crippen LogP contribution in [0.4, 0.5) is 5.69 Å². The summed E-state index contributed by atoms with van der Waals surface area (Å²) in [6, 6.07) is 26.0. The van der Waals surface area contributed by atoms with Gasteiger partial charge in [0.05, 0.1) is 20.6 Å². The number of sulfonamides is 1. The number of anilines is 1. The molecule has 0 aliphatic heterocycles. The van der Waals surface area contributed by atoms with Crippen LogP contribution in [0.5, 0.6) is 0 Å². The zero-order valence-electron chi connectivity index (χ0n) is 24.2. The van der Waals surface area contributed by atoms with E-state index in [0.29, 0.717) is 38.4 Å². The van der Waals surface area contributed by atoms with Crippen LogP contribution in [0.1, 0.15) is 23.6 Å². The van der Waals surface area contributed by atoms with E-state index in [0.717, 1.165) is 9.87 Å². The van der Waals surface area contributed by atoms with Crippen molar-refractivity contribution in [1.29, 1.82) is 0 Å². The number of hydrogen-bond acceptors (Lipinski definition) is 4. The van der Waals surface area contributed by atoms with Gasteiger partial charge in [-0.25, -0.2) is 8.42 Å². The fourth-order valence-corrected chi connectivity index (χ4v) is 6.86. The Morgan fingerprint density at radius 3 is 2.09 bits per heavy atom. The van der Waals surface area contributed by atoms with Gasteiger partial charge in [0.1, 0.15) is 12.6 Å². The number of nitrogens with zero attached hydrogens (tertiary/aromatic N) is 2. The molecule has 2 amide bonds. The summed E-state index contributed by atoms with van der Waals surface area (Å²) < 4.78 is 29.2. The number of amides is 2. The van der Waals surface area contributed by atoms with Gasteiger partial charge in [0.15, 0.2) is 0 Å². The molecule has 0 saturated heterocycles. The lowest BCUT2D eigenvalue weighted by Crippen LogP contribution is -2.53. The third-order valence-electron chi connectivity index (χ3n) is 7.00. The standard InChI is InChI=1S/C33H32Cl3N3O4S/c1-3-37-33(41)31(20-24-10-6-4-7-11-24)38(21-25-14-16-28(35)29(36)19-25)32(40)22-39(30-17-15-26(34)18-23(30)2)44(42,43)27-12-8-5-9-13-27/h4-19,31H,3,20-22H2,1-2H3,(H,37,41). The van der Waals surface area contributed by atoms with Crippen molar-refractivity contribution in [2.45, 2.75) is 37.8 Å². The van der Waals surface area contributed by atoms with Crippen molar-refractivity contribution in [1.82, 2.24) is 10.2 Å². The zero-order chi connectivity index (χ0) is 31.9. The molecule has 4 rings (SSSR count). The summed E-state index contributed by atoms with van der Waals surface area (Å²) in [5, 5.41) is 3.90. The largest absolute Gasteiger partial charge is 0.355 e. The van der Waals surface area contributed by atoms with Gasteiger partial charge in [-0.05, 0) is 73.0 Å². The lowest BCUT2D eigenvalue weighted by molar-refractivity contribution is -0.140. The maximum absolute atomic E-state index is 14.4. The summed E-state index contributed by atoms with van der Waals surface area (Å²) >= 11 is 18.7. The van der Waals surface area contributed by atoms with Crippen LogP contribution in [0.25, 0.3) is 0 Å². The minimum atomic E-state index is -4.21. The summed E-state index contributed by atoms with van der Waals surface area (Å²) in [4.78, 5) is 29.4. The Kier molecular flexibility index (Phi) is 11.3. The van der Waals surface area contributed by atoms with E-state index in [-0.39, 0.29) is 23.8 Å². The minimum absolute atomic E-state index is 0.0164. The van der Waals surface area contributed by atoms with Gasteiger partial charge in [-0.2, -0.15) is 0 Å².